The zero-order valence-corrected chi connectivity index (χ0v) is 21.2. The molecule has 30 heavy (non-hydrogen) atoms. The molecule has 0 N–H and O–H groups in total. The summed E-state index contributed by atoms with van der Waals surface area (Å²) >= 11 is 3.39. The predicted octanol–water partition coefficient (Wildman–Crippen LogP) is 4.66. The molecule has 1 aromatic carbocycles. The molecule has 0 saturated carbocycles. The van der Waals surface area contributed by atoms with E-state index in [-0.39, 0.29) is 35.7 Å². The number of cyclic esters (lactones) is 1. The van der Waals surface area contributed by atoms with Crippen molar-refractivity contribution in [3.63, 3.8) is 0 Å². The Morgan fingerprint density at radius 2 is 1.97 bits per heavy atom. The van der Waals surface area contributed by atoms with Crippen molar-refractivity contribution in [3.05, 3.63) is 28.0 Å². The van der Waals surface area contributed by atoms with Crippen LogP contribution in [0.3, 0.4) is 0 Å². The SMILES string of the molecule is COc1c(Br)ccc(F)c1CN1O[C@@H](CO[Si](C)(C)C(C)(C)C)C2C(C)OC(=O)C21. The molecule has 3 rings (SSSR count). The third-order valence-electron chi connectivity index (χ3n) is 6.55. The molecule has 2 saturated heterocycles. The molecule has 9 heteroatoms. The van der Waals surface area contributed by atoms with Crippen molar-refractivity contribution in [2.75, 3.05) is 13.7 Å². The Morgan fingerprint density at radius 1 is 1.30 bits per heavy atom. The molecule has 6 nitrogen and oxygen atoms in total. The Morgan fingerprint density at radius 3 is 2.57 bits per heavy atom. The van der Waals surface area contributed by atoms with E-state index in [2.05, 4.69) is 49.8 Å². The summed E-state index contributed by atoms with van der Waals surface area (Å²) in [6.07, 6.45) is -0.637. The molecule has 1 aromatic rings. The zero-order valence-electron chi connectivity index (χ0n) is 18.6. The lowest BCUT2D eigenvalue weighted by molar-refractivity contribution is -0.195. The van der Waals surface area contributed by atoms with Gasteiger partial charge >= 0.3 is 5.97 Å². The van der Waals surface area contributed by atoms with Gasteiger partial charge in [-0.15, -0.1) is 0 Å². The highest BCUT2D eigenvalue weighted by atomic mass is 79.9. The third kappa shape index (κ3) is 4.32. The van der Waals surface area contributed by atoms with Gasteiger partial charge in [0.25, 0.3) is 0 Å². The normalized spacial score (nSPS) is 27.3. The number of carbonyl (C=O) groups excluding carboxylic acids is 1. The van der Waals surface area contributed by atoms with Crippen LogP contribution < -0.4 is 4.74 Å². The minimum atomic E-state index is -1.99. The van der Waals surface area contributed by atoms with Crippen molar-refractivity contribution in [1.29, 1.82) is 0 Å². The van der Waals surface area contributed by atoms with E-state index in [0.717, 1.165) is 0 Å². The van der Waals surface area contributed by atoms with E-state index in [9.17, 15) is 9.18 Å². The maximum Gasteiger partial charge on any atom is 0.326 e. The maximum absolute atomic E-state index is 14.6. The number of halogens is 2. The van der Waals surface area contributed by atoms with Crippen LogP contribution in [0.4, 0.5) is 4.39 Å². The molecule has 0 spiro atoms. The molecule has 3 unspecified atom stereocenters. The van der Waals surface area contributed by atoms with E-state index in [1.54, 1.807) is 6.07 Å². The van der Waals surface area contributed by atoms with Crippen molar-refractivity contribution < 1.29 is 27.9 Å². The summed E-state index contributed by atoms with van der Waals surface area (Å²) in [5.74, 6) is -0.564. The first-order valence-corrected chi connectivity index (χ1v) is 13.9. The van der Waals surface area contributed by atoms with E-state index in [1.165, 1.54) is 18.2 Å². The van der Waals surface area contributed by atoms with Crippen LogP contribution in [0.15, 0.2) is 16.6 Å². The number of benzene rings is 1. The highest BCUT2D eigenvalue weighted by Crippen LogP contribution is 2.42. The Kier molecular flexibility index (Phi) is 6.70. The molecule has 2 aliphatic heterocycles. The summed E-state index contributed by atoms with van der Waals surface area (Å²) in [5, 5.41) is 1.59. The first-order chi connectivity index (χ1) is 13.9. The van der Waals surface area contributed by atoms with Gasteiger partial charge in [-0.2, -0.15) is 5.06 Å². The van der Waals surface area contributed by atoms with Crippen LogP contribution in [0.1, 0.15) is 33.3 Å². The van der Waals surface area contributed by atoms with Gasteiger partial charge in [0.05, 0.1) is 30.7 Å². The van der Waals surface area contributed by atoms with Gasteiger partial charge in [-0.3, -0.25) is 9.63 Å². The Labute approximate surface area is 187 Å². The van der Waals surface area contributed by atoms with E-state index in [0.29, 0.717) is 22.4 Å². The van der Waals surface area contributed by atoms with Crippen molar-refractivity contribution >= 4 is 30.2 Å². The van der Waals surface area contributed by atoms with Gasteiger partial charge in [0.1, 0.15) is 29.8 Å². The summed E-state index contributed by atoms with van der Waals surface area (Å²) < 4.78 is 32.5. The number of hydrogen-bond donors (Lipinski definition) is 0. The fraction of sp³-hybridized carbons (Fsp3) is 0.667. The van der Waals surface area contributed by atoms with Crippen molar-refractivity contribution in [2.45, 2.75) is 70.6 Å². The van der Waals surface area contributed by atoms with Gasteiger partial charge in [0.2, 0.25) is 0 Å². The van der Waals surface area contributed by atoms with Crippen LogP contribution in [0, 0.1) is 11.7 Å². The maximum atomic E-state index is 14.6. The molecule has 4 atom stereocenters. The molecule has 0 bridgehead atoms. The first kappa shape index (κ1) is 23.7. The Balaban J connectivity index is 1.84. The fourth-order valence-corrected chi connectivity index (χ4v) is 5.30. The van der Waals surface area contributed by atoms with Gasteiger partial charge in [-0.1, -0.05) is 20.8 Å². The quantitative estimate of drug-likeness (QED) is 0.415. The summed E-state index contributed by atoms with van der Waals surface area (Å²) in [7, 11) is -0.509. The Bertz CT molecular complexity index is 815. The van der Waals surface area contributed by atoms with E-state index < -0.39 is 20.2 Å². The fourth-order valence-electron chi connectivity index (χ4n) is 3.75. The molecule has 168 valence electrons. The van der Waals surface area contributed by atoms with Crippen molar-refractivity contribution in [1.82, 2.24) is 5.06 Å². The average Bonchev–Trinajstić information content (AvgIpc) is 3.14. The van der Waals surface area contributed by atoms with Crippen LogP contribution in [0.2, 0.25) is 18.1 Å². The number of methoxy groups -OCH3 is 1. The predicted molar refractivity (Wildman–Crippen MR) is 117 cm³/mol. The van der Waals surface area contributed by atoms with Crippen molar-refractivity contribution in [3.8, 4) is 5.75 Å². The minimum Gasteiger partial charge on any atom is -0.495 e. The van der Waals surface area contributed by atoms with Crippen LogP contribution in [-0.2, 0) is 25.3 Å². The lowest BCUT2D eigenvalue weighted by Crippen LogP contribution is -2.44. The molecule has 0 radical (unpaired) electrons. The zero-order chi connectivity index (χ0) is 22.4. The topological polar surface area (TPSA) is 57.2 Å². The standard InChI is InChI=1S/C21H31BrFNO5Si/c1-12-17-16(11-27-30(6,7)21(2,3)4)29-24(18(17)20(25)28-12)10-13-15(23)9-8-14(22)19(13)26-5/h8-9,12,16-18H,10-11H2,1-7H3/t12?,16-,17?,18?/m0/s1. The molecule has 0 aliphatic carbocycles. The van der Waals surface area contributed by atoms with Crippen molar-refractivity contribution in [2.24, 2.45) is 5.92 Å². The second-order valence-electron chi connectivity index (χ2n) is 9.50. The van der Waals surface area contributed by atoms with Gasteiger partial charge in [0, 0.05) is 5.56 Å². The molecule has 0 amide bonds. The molecular formula is C21H31BrFNO5Si. The highest BCUT2D eigenvalue weighted by molar-refractivity contribution is 9.10. The van der Waals surface area contributed by atoms with Crippen LogP contribution in [-0.4, -0.2) is 51.3 Å². The molecule has 2 heterocycles. The second kappa shape index (κ2) is 8.50. The minimum absolute atomic E-state index is 0.0606. The first-order valence-electron chi connectivity index (χ1n) is 10.2. The average molecular weight is 504 g/mol. The lowest BCUT2D eigenvalue weighted by Gasteiger charge is -2.37. The monoisotopic (exact) mass is 503 g/mol. The largest absolute Gasteiger partial charge is 0.495 e. The summed E-state index contributed by atoms with van der Waals surface area (Å²) in [6.45, 7) is 13.2. The van der Waals surface area contributed by atoms with Gasteiger partial charge in [-0.25, -0.2) is 4.39 Å². The second-order valence-corrected chi connectivity index (χ2v) is 15.2. The number of ether oxygens (including phenoxy) is 2. The van der Waals surface area contributed by atoms with E-state index >= 15 is 0 Å². The number of carbonyl (C=O) groups is 1. The molecule has 2 aliphatic rings. The number of hydroxylamine groups is 2. The summed E-state index contributed by atoms with van der Waals surface area (Å²) in [6, 6.07) is 2.35. The smallest absolute Gasteiger partial charge is 0.326 e. The van der Waals surface area contributed by atoms with Gasteiger partial charge in [0.15, 0.2) is 8.32 Å². The lowest BCUT2D eigenvalue weighted by atomic mass is 9.93. The Hall–Kier alpha value is -1.00. The highest BCUT2D eigenvalue weighted by Gasteiger charge is 2.57. The number of hydrogen-bond acceptors (Lipinski definition) is 6. The molecular weight excluding hydrogens is 473 g/mol. The van der Waals surface area contributed by atoms with E-state index in [4.69, 9.17) is 18.7 Å². The third-order valence-corrected chi connectivity index (χ3v) is 11.7. The summed E-state index contributed by atoms with van der Waals surface area (Å²) in [4.78, 5) is 18.7. The molecule has 0 aromatic heterocycles. The number of esters is 1. The summed E-state index contributed by atoms with van der Waals surface area (Å²) in [5.41, 5.74) is 0.323. The van der Waals surface area contributed by atoms with E-state index in [1.807, 2.05) is 6.92 Å². The molecule has 2 fully saturated rings. The number of rotatable bonds is 6. The van der Waals surface area contributed by atoms with Crippen LogP contribution in [0.25, 0.3) is 0 Å². The number of nitrogens with zero attached hydrogens (tertiary/aromatic N) is 1. The van der Waals surface area contributed by atoms with Gasteiger partial charge < -0.3 is 13.9 Å². The van der Waals surface area contributed by atoms with Crippen LogP contribution in [0.5, 0.6) is 5.75 Å². The van der Waals surface area contributed by atoms with Gasteiger partial charge in [-0.05, 0) is 53.1 Å². The number of fused-ring (bicyclic) bond motifs is 1. The van der Waals surface area contributed by atoms with Crippen LogP contribution >= 0.6 is 15.9 Å².